The van der Waals surface area contributed by atoms with Crippen molar-refractivity contribution in [3.63, 3.8) is 0 Å². The molecule has 0 aliphatic carbocycles. The van der Waals surface area contributed by atoms with Crippen LogP contribution < -0.4 is 4.90 Å². The number of piperidine rings is 1. The minimum atomic E-state index is -0.352. The number of likely N-dealkylation sites (tertiary alicyclic amines) is 1. The van der Waals surface area contributed by atoms with E-state index in [1.165, 1.54) is 15.5 Å². The van der Waals surface area contributed by atoms with Crippen LogP contribution in [-0.4, -0.2) is 47.7 Å². The summed E-state index contributed by atoms with van der Waals surface area (Å²) in [5.41, 5.74) is 2.13. The van der Waals surface area contributed by atoms with Crippen molar-refractivity contribution in [2.45, 2.75) is 37.8 Å². The van der Waals surface area contributed by atoms with Crippen LogP contribution in [0.2, 0.25) is 0 Å². The third-order valence-electron chi connectivity index (χ3n) is 6.81. The molecule has 0 amide bonds. The van der Waals surface area contributed by atoms with Crippen LogP contribution in [0.3, 0.4) is 0 Å². The molecule has 0 radical (unpaired) electrons. The van der Waals surface area contributed by atoms with E-state index in [1.807, 2.05) is 41.7 Å². The molecular weight excluding hydrogens is 414 g/mol. The Morgan fingerprint density at radius 1 is 1.03 bits per heavy atom. The SMILES string of the molecule is CN(c1nc2ccc3ccccc3c2s1)C1CCN(CCCC(O)c2ccccc2)CC1. The van der Waals surface area contributed by atoms with Gasteiger partial charge >= 0.3 is 0 Å². The molecule has 1 unspecified atom stereocenters. The van der Waals surface area contributed by atoms with E-state index in [-0.39, 0.29) is 6.10 Å². The van der Waals surface area contributed by atoms with Crippen LogP contribution in [-0.2, 0) is 0 Å². The predicted octanol–water partition coefficient (Wildman–Crippen LogP) is 5.86. The first-order valence-electron chi connectivity index (χ1n) is 11.7. The molecule has 0 saturated carbocycles. The van der Waals surface area contributed by atoms with Gasteiger partial charge in [-0.15, -0.1) is 0 Å². The van der Waals surface area contributed by atoms with E-state index in [1.54, 1.807) is 0 Å². The Labute approximate surface area is 194 Å². The molecule has 32 heavy (non-hydrogen) atoms. The smallest absolute Gasteiger partial charge is 0.186 e. The lowest BCUT2D eigenvalue weighted by Crippen LogP contribution is -2.43. The molecule has 5 heteroatoms. The highest BCUT2D eigenvalue weighted by Gasteiger charge is 2.24. The molecule has 1 saturated heterocycles. The molecule has 5 rings (SSSR count). The molecule has 1 aromatic heterocycles. The molecular formula is C27H31N3OS. The second-order valence-corrected chi connectivity index (χ2v) is 9.86. The van der Waals surface area contributed by atoms with Crippen molar-refractivity contribution < 1.29 is 5.11 Å². The lowest BCUT2D eigenvalue weighted by atomic mass is 10.0. The Hall–Kier alpha value is -2.47. The van der Waals surface area contributed by atoms with Crippen molar-refractivity contribution in [1.29, 1.82) is 0 Å². The second kappa shape index (κ2) is 9.57. The van der Waals surface area contributed by atoms with Gasteiger partial charge in [0.05, 0.1) is 16.3 Å². The van der Waals surface area contributed by atoms with Gasteiger partial charge in [0.1, 0.15) is 0 Å². The summed E-state index contributed by atoms with van der Waals surface area (Å²) in [7, 11) is 2.20. The van der Waals surface area contributed by atoms with Crippen molar-refractivity contribution in [2.24, 2.45) is 0 Å². The predicted molar refractivity (Wildman–Crippen MR) is 136 cm³/mol. The third-order valence-corrected chi connectivity index (χ3v) is 8.01. The van der Waals surface area contributed by atoms with Crippen LogP contribution in [0.15, 0.2) is 66.7 Å². The number of aliphatic hydroxyl groups is 1. The van der Waals surface area contributed by atoms with E-state index < -0.39 is 0 Å². The molecule has 2 heterocycles. The molecule has 166 valence electrons. The quantitative estimate of drug-likeness (QED) is 0.386. The minimum absolute atomic E-state index is 0.352. The Balaban J connectivity index is 1.15. The van der Waals surface area contributed by atoms with Crippen molar-refractivity contribution in [3.8, 4) is 0 Å². The summed E-state index contributed by atoms with van der Waals surface area (Å²) in [6.45, 7) is 3.29. The number of thiazole rings is 1. The van der Waals surface area contributed by atoms with Gasteiger partial charge in [-0.25, -0.2) is 4.98 Å². The Morgan fingerprint density at radius 2 is 1.78 bits per heavy atom. The second-order valence-electron chi connectivity index (χ2n) is 8.88. The number of hydrogen-bond donors (Lipinski definition) is 1. The van der Waals surface area contributed by atoms with Crippen LogP contribution in [0, 0.1) is 0 Å². The van der Waals surface area contributed by atoms with E-state index >= 15 is 0 Å². The highest BCUT2D eigenvalue weighted by Crippen LogP contribution is 2.35. The third kappa shape index (κ3) is 4.51. The monoisotopic (exact) mass is 445 g/mol. The number of hydrogen-bond acceptors (Lipinski definition) is 5. The number of benzene rings is 3. The van der Waals surface area contributed by atoms with Crippen LogP contribution >= 0.6 is 11.3 Å². The van der Waals surface area contributed by atoms with Gasteiger partial charge in [-0.1, -0.05) is 72.0 Å². The van der Waals surface area contributed by atoms with Crippen molar-refractivity contribution in [2.75, 3.05) is 31.6 Å². The normalized spacial score (nSPS) is 16.6. The summed E-state index contributed by atoms with van der Waals surface area (Å²) in [6, 6.07) is 23.4. The first-order valence-corrected chi connectivity index (χ1v) is 12.5. The number of rotatable bonds is 7. The van der Waals surface area contributed by atoms with Crippen LogP contribution in [0.1, 0.15) is 37.4 Å². The number of aliphatic hydroxyl groups excluding tert-OH is 1. The lowest BCUT2D eigenvalue weighted by Gasteiger charge is -2.36. The highest BCUT2D eigenvalue weighted by molar-refractivity contribution is 7.23. The Kier molecular flexibility index (Phi) is 6.39. The lowest BCUT2D eigenvalue weighted by molar-refractivity contribution is 0.148. The summed E-state index contributed by atoms with van der Waals surface area (Å²) < 4.78 is 1.29. The Bertz CT molecular complexity index is 1170. The summed E-state index contributed by atoms with van der Waals surface area (Å²) in [5.74, 6) is 0. The average molecular weight is 446 g/mol. The fourth-order valence-electron chi connectivity index (χ4n) is 4.83. The van der Waals surface area contributed by atoms with E-state index in [4.69, 9.17) is 4.98 Å². The van der Waals surface area contributed by atoms with E-state index in [0.29, 0.717) is 6.04 Å². The van der Waals surface area contributed by atoms with Gasteiger partial charge in [-0.05, 0) is 49.2 Å². The Morgan fingerprint density at radius 3 is 2.59 bits per heavy atom. The summed E-state index contributed by atoms with van der Waals surface area (Å²) in [4.78, 5) is 9.91. The number of aromatic nitrogens is 1. The van der Waals surface area contributed by atoms with E-state index in [9.17, 15) is 5.11 Å². The maximum absolute atomic E-state index is 10.4. The number of fused-ring (bicyclic) bond motifs is 3. The zero-order valence-corrected chi connectivity index (χ0v) is 19.5. The van der Waals surface area contributed by atoms with Crippen molar-refractivity contribution in [1.82, 2.24) is 9.88 Å². The van der Waals surface area contributed by atoms with Gasteiger partial charge in [-0.3, -0.25) is 0 Å². The number of anilines is 1. The van der Waals surface area contributed by atoms with E-state index in [0.717, 1.165) is 61.5 Å². The molecule has 1 aliphatic rings. The average Bonchev–Trinajstić information content (AvgIpc) is 3.29. The molecule has 0 spiro atoms. The molecule has 1 fully saturated rings. The molecule has 1 aliphatic heterocycles. The van der Waals surface area contributed by atoms with E-state index in [2.05, 4.69) is 53.2 Å². The standard InChI is InChI=1S/C27H31N3OS/c1-29(27-28-24-14-13-20-8-5-6-11-23(20)26(24)32-27)22-15-18-30(19-16-22)17-7-12-25(31)21-9-3-2-4-10-21/h2-6,8-11,13-14,22,25,31H,7,12,15-19H2,1H3. The summed E-state index contributed by atoms with van der Waals surface area (Å²) >= 11 is 1.82. The first-order chi connectivity index (χ1) is 15.7. The molecule has 1 atom stereocenters. The maximum atomic E-state index is 10.4. The molecule has 4 nitrogen and oxygen atoms in total. The fraction of sp³-hybridized carbons (Fsp3) is 0.370. The van der Waals surface area contributed by atoms with Gasteiger partial charge in [0, 0.05) is 31.6 Å². The first kappa shape index (κ1) is 21.4. The van der Waals surface area contributed by atoms with Crippen LogP contribution in [0.4, 0.5) is 5.13 Å². The van der Waals surface area contributed by atoms with Crippen molar-refractivity contribution >= 4 is 37.5 Å². The van der Waals surface area contributed by atoms with Gasteiger partial charge in [0.2, 0.25) is 0 Å². The van der Waals surface area contributed by atoms with Crippen LogP contribution in [0.25, 0.3) is 21.0 Å². The molecule has 4 aromatic rings. The zero-order valence-electron chi connectivity index (χ0n) is 18.7. The zero-order chi connectivity index (χ0) is 21.9. The van der Waals surface area contributed by atoms with Gasteiger partial charge in [0.25, 0.3) is 0 Å². The van der Waals surface area contributed by atoms with Crippen LogP contribution in [0.5, 0.6) is 0 Å². The summed E-state index contributed by atoms with van der Waals surface area (Å²) in [5, 5.41) is 14.1. The minimum Gasteiger partial charge on any atom is -0.388 e. The fourth-order valence-corrected chi connectivity index (χ4v) is 5.97. The highest BCUT2D eigenvalue weighted by atomic mass is 32.1. The largest absolute Gasteiger partial charge is 0.388 e. The maximum Gasteiger partial charge on any atom is 0.186 e. The molecule has 1 N–H and O–H groups in total. The molecule has 0 bridgehead atoms. The topological polar surface area (TPSA) is 39.6 Å². The van der Waals surface area contributed by atoms with Gasteiger partial charge in [0.15, 0.2) is 5.13 Å². The van der Waals surface area contributed by atoms with Crippen molar-refractivity contribution in [3.05, 3.63) is 72.3 Å². The molecule has 3 aromatic carbocycles. The summed E-state index contributed by atoms with van der Waals surface area (Å²) in [6.07, 6.45) is 3.82. The number of nitrogens with zero attached hydrogens (tertiary/aromatic N) is 3. The van der Waals surface area contributed by atoms with Gasteiger partial charge < -0.3 is 14.9 Å². The van der Waals surface area contributed by atoms with Gasteiger partial charge in [-0.2, -0.15) is 0 Å².